The highest BCUT2D eigenvalue weighted by atomic mass is 16.4. The SMILES string of the molecule is Cn1cnc(C(=O)N[C@@H](C(=O)O)C(C)(C)C)c1. The topological polar surface area (TPSA) is 84.2 Å². The standard InChI is InChI=1S/C11H17N3O3/c1-11(2,3)8(10(16)17)13-9(15)7-5-14(4)6-12-7/h5-6,8H,1-4H3,(H,13,15)(H,16,17)/t8-/m0/s1. The highest BCUT2D eigenvalue weighted by Gasteiger charge is 2.33. The van der Waals surface area contributed by atoms with Gasteiger partial charge in [0.05, 0.1) is 6.33 Å². The lowest BCUT2D eigenvalue weighted by Gasteiger charge is -2.27. The summed E-state index contributed by atoms with van der Waals surface area (Å²) in [7, 11) is 1.74. The first-order valence-electron chi connectivity index (χ1n) is 5.23. The van der Waals surface area contributed by atoms with Crippen LogP contribution in [-0.4, -0.2) is 32.6 Å². The lowest BCUT2D eigenvalue weighted by atomic mass is 9.87. The van der Waals surface area contributed by atoms with Crippen molar-refractivity contribution in [2.75, 3.05) is 0 Å². The van der Waals surface area contributed by atoms with Gasteiger partial charge in [0.2, 0.25) is 0 Å². The Hall–Kier alpha value is -1.85. The maximum Gasteiger partial charge on any atom is 0.326 e. The number of carboxylic acids is 1. The molecule has 6 heteroatoms. The van der Waals surface area contributed by atoms with E-state index in [-0.39, 0.29) is 5.69 Å². The van der Waals surface area contributed by atoms with Crippen LogP contribution in [0.5, 0.6) is 0 Å². The molecule has 94 valence electrons. The number of rotatable bonds is 3. The molecule has 17 heavy (non-hydrogen) atoms. The number of carbonyl (C=O) groups is 2. The summed E-state index contributed by atoms with van der Waals surface area (Å²) < 4.78 is 1.63. The molecule has 0 bridgehead atoms. The smallest absolute Gasteiger partial charge is 0.326 e. The fourth-order valence-corrected chi connectivity index (χ4v) is 1.38. The number of nitrogens with one attached hydrogen (secondary N) is 1. The van der Waals surface area contributed by atoms with Crippen molar-refractivity contribution in [1.82, 2.24) is 14.9 Å². The molecule has 0 radical (unpaired) electrons. The number of amides is 1. The van der Waals surface area contributed by atoms with Gasteiger partial charge in [-0.2, -0.15) is 0 Å². The van der Waals surface area contributed by atoms with Crippen LogP contribution in [0.25, 0.3) is 0 Å². The monoisotopic (exact) mass is 239 g/mol. The van der Waals surface area contributed by atoms with E-state index in [4.69, 9.17) is 5.11 Å². The van der Waals surface area contributed by atoms with Crippen molar-refractivity contribution >= 4 is 11.9 Å². The van der Waals surface area contributed by atoms with Crippen molar-refractivity contribution in [3.8, 4) is 0 Å². The number of imidazole rings is 1. The minimum Gasteiger partial charge on any atom is -0.480 e. The number of carboxylic acid groups (broad SMARTS) is 1. The quantitative estimate of drug-likeness (QED) is 0.811. The molecule has 0 aromatic carbocycles. The zero-order valence-corrected chi connectivity index (χ0v) is 10.4. The van der Waals surface area contributed by atoms with E-state index in [1.54, 1.807) is 32.4 Å². The van der Waals surface area contributed by atoms with E-state index in [9.17, 15) is 9.59 Å². The summed E-state index contributed by atoms with van der Waals surface area (Å²) in [6, 6.07) is -0.947. The van der Waals surface area contributed by atoms with Gasteiger partial charge in [0.15, 0.2) is 0 Å². The first-order chi connectivity index (χ1) is 7.71. The zero-order valence-electron chi connectivity index (χ0n) is 10.4. The average molecular weight is 239 g/mol. The van der Waals surface area contributed by atoms with Gasteiger partial charge in [-0.05, 0) is 5.41 Å². The Labute approximate surface area is 99.7 Å². The van der Waals surface area contributed by atoms with Crippen LogP contribution in [-0.2, 0) is 11.8 Å². The second-order valence-corrected chi connectivity index (χ2v) is 5.04. The summed E-state index contributed by atoms with van der Waals surface area (Å²) in [4.78, 5) is 26.7. The van der Waals surface area contributed by atoms with E-state index in [2.05, 4.69) is 10.3 Å². The molecule has 1 heterocycles. The molecule has 0 fully saturated rings. The van der Waals surface area contributed by atoms with Crippen LogP contribution in [0.4, 0.5) is 0 Å². The molecule has 0 aliphatic heterocycles. The van der Waals surface area contributed by atoms with Crippen molar-refractivity contribution < 1.29 is 14.7 Å². The summed E-state index contributed by atoms with van der Waals surface area (Å²) in [6.45, 7) is 5.26. The van der Waals surface area contributed by atoms with E-state index in [0.29, 0.717) is 0 Å². The lowest BCUT2D eigenvalue weighted by molar-refractivity contribution is -0.142. The fraction of sp³-hybridized carbons (Fsp3) is 0.545. The lowest BCUT2D eigenvalue weighted by Crippen LogP contribution is -2.49. The van der Waals surface area contributed by atoms with Gasteiger partial charge >= 0.3 is 5.97 Å². The predicted octanol–water partition coefficient (Wildman–Crippen LogP) is 0.649. The molecule has 1 aromatic rings. The molecule has 0 aliphatic rings. The molecular formula is C11H17N3O3. The minimum absolute atomic E-state index is 0.211. The third-order valence-corrected chi connectivity index (χ3v) is 2.33. The predicted molar refractivity (Wildman–Crippen MR) is 61.6 cm³/mol. The summed E-state index contributed by atoms with van der Waals surface area (Å²) in [5.74, 6) is -1.53. The first kappa shape index (κ1) is 13.2. The van der Waals surface area contributed by atoms with E-state index in [1.165, 1.54) is 12.5 Å². The number of nitrogens with zero attached hydrogens (tertiary/aromatic N) is 2. The highest BCUT2D eigenvalue weighted by Crippen LogP contribution is 2.19. The normalized spacial score (nSPS) is 13.2. The second kappa shape index (κ2) is 4.57. The van der Waals surface area contributed by atoms with Crippen molar-refractivity contribution in [2.24, 2.45) is 12.5 Å². The van der Waals surface area contributed by atoms with Gasteiger partial charge in [0, 0.05) is 13.2 Å². The van der Waals surface area contributed by atoms with Gasteiger partial charge in [0.25, 0.3) is 5.91 Å². The Morgan fingerprint density at radius 2 is 2.06 bits per heavy atom. The molecule has 0 unspecified atom stereocenters. The van der Waals surface area contributed by atoms with Crippen molar-refractivity contribution in [1.29, 1.82) is 0 Å². The van der Waals surface area contributed by atoms with Crippen LogP contribution in [0.3, 0.4) is 0 Å². The van der Waals surface area contributed by atoms with Crippen LogP contribution < -0.4 is 5.32 Å². The molecular weight excluding hydrogens is 222 g/mol. The molecule has 1 atom stereocenters. The van der Waals surface area contributed by atoms with Crippen LogP contribution in [0.2, 0.25) is 0 Å². The second-order valence-electron chi connectivity index (χ2n) is 5.04. The van der Waals surface area contributed by atoms with Gasteiger partial charge in [-0.1, -0.05) is 20.8 Å². The third kappa shape index (κ3) is 3.30. The van der Waals surface area contributed by atoms with Crippen LogP contribution in [0, 0.1) is 5.41 Å². The van der Waals surface area contributed by atoms with Gasteiger partial charge in [-0.15, -0.1) is 0 Å². The molecule has 0 saturated carbocycles. The molecule has 0 aliphatic carbocycles. The van der Waals surface area contributed by atoms with E-state index in [0.717, 1.165) is 0 Å². The summed E-state index contributed by atoms with van der Waals surface area (Å²) >= 11 is 0. The summed E-state index contributed by atoms with van der Waals surface area (Å²) in [6.07, 6.45) is 3.03. The molecule has 6 nitrogen and oxygen atoms in total. The molecule has 2 N–H and O–H groups in total. The van der Waals surface area contributed by atoms with Crippen LogP contribution >= 0.6 is 0 Å². The fourth-order valence-electron chi connectivity index (χ4n) is 1.38. The number of hydrogen-bond donors (Lipinski definition) is 2. The third-order valence-electron chi connectivity index (χ3n) is 2.33. The largest absolute Gasteiger partial charge is 0.480 e. The number of hydrogen-bond acceptors (Lipinski definition) is 3. The number of aryl methyl sites for hydroxylation is 1. The maximum atomic E-state index is 11.8. The Bertz CT molecular complexity index is 431. The van der Waals surface area contributed by atoms with Crippen molar-refractivity contribution in [3.05, 3.63) is 18.2 Å². The Balaban J connectivity index is 2.82. The maximum absolute atomic E-state index is 11.8. The van der Waals surface area contributed by atoms with Gasteiger partial charge < -0.3 is 15.0 Å². The number of aromatic nitrogens is 2. The Morgan fingerprint density at radius 3 is 2.41 bits per heavy atom. The highest BCUT2D eigenvalue weighted by molar-refractivity contribution is 5.94. The molecule has 0 spiro atoms. The van der Waals surface area contributed by atoms with Crippen LogP contribution in [0.15, 0.2) is 12.5 Å². The van der Waals surface area contributed by atoms with Crippen molar-refractivity contribution in [3.63, 3.8) is 0 Å². The molecule has 1 rings (SSSR count). The van der Waals surface area contributed by atoms with Gasteiger partial charge in [-0.25, -0.2) is 9.78 Å². The number of carbonyl (C=O) groups excluding carboxylic acids is 1. The van der Waals surface area contributed by atoms with Crippen molar-refractivity contribution in [2.45, 2.75) is 26.8 Å². The summed E-state index contributed by atoms with van der Waals surface area (Å²) in [5, 5.41) is 11.5. The Kier molecular flexibility index (Phi) is 3.55. The number of aliphatic carboxylic acids is 1. The van der Waals surface area contributed by atoms with Crippen LogP contribution in [0.1, 0.15) is 31.3 Å². The van der Waals surface area contributed by atoms with E-state index in [1.807, 2.05) is 0 Å². The Morgan fingerprint density at radius 1 is 1.47 bits per heavy atom. The molecule has 1 amide bonds. The van der Waals surface area contributed by atoms with E-state index >= 15 is 0 Å². The molecule has 1 aromatic heterocycles. The van der Waals surface area contributed by atoms with Gasteiger partial charge in [-0.3, -0.25) is 4.79 Å². The first-order valence-corrected chi connectivity index (χ1v) is 5.23. The van der Waals surface area contributed by atoms with Gasteiger partial charge in [0.1, 0.15) is 11.7 Å². The van der Waals surface area contributed by atoms with E-state index < -0.39 is 23.3 Å². The average Bonchev–Trinajstić information content (AvgIpc) is 2.58. The minimum atomic E-state index is -1.05. The summed E-state index contributed by atoms with van der Waals surface area (Å²) in [5.41, 5.74) is -0.348. The molecule has 0 saturated heterocycles. The zero-order chi connectivity index (χ0) is 13.2.